The summed E-state index contributed by atoms with van der Waals surface area (Å²) in [5, 5.41) is 5.45. The van der Waals surface area contributed by atoms with Crippen molar-refractivity contribution in [3.63, 3.8) is 0 Å². The number of carbonyl (C=O) groups excluding carboxylic acids is 2. The van der Waals surface area contributed by atoms with Crippen molar-refractivity contribution in [1.29, 1.82) is 0 Å². The van der Waals surface area contributed by atoms with Crippen LogP contribution in [-0.2, 0) is 9.53 Å². The third kappa shape index (κ3) is 6.50. The molecule has 2 aromatic rings. The Morgan fingerprint density at radius 1 is 1.03 bits per heavy atom. The zero-order chi connectivity index (χ0) is 21.2. The van der Waals surface area contributed by atoms with Crippen LogP contribution in [0.1, 0.15) is 22.3 Å². The third-order valence-electron chi connectivity index (χ3n) is 4.93. The molecule has 1 fully saturated rings. The van der Waals surface area contributed by atoms with E-state index in [4.69, 9.17) is 4.74 Å². The van der Waals surface area contributed by atoms with Gasteiger partial charge in [-0.3, -0.25) is 9.59 Å². The Morgan fingerprint density at radius 2 is 1.73 bits per heavy atom. The van der Waals surface area contributed by atoms with Gasteiger partial charge in [0.1, 0.15) is 24.6 Å². The molecule has 2 amide bonds. The summed E-state index contributed by atoms with van der Waals surface area (Å²) in [5.74, 6) is -1.33. The lowest BCUT2D eigenvalue weighted by Crippen LogP contribution is -3.14. The summed E-state index contributed by atoms with van der Waals surface area (Å²) in [7, 11) is 0. The smallest absolute Gasteiger partial charge is 0.267 e. The number of amides is 2. The maximum atomic E-state index is 14.1. The van der Waals surface area contributed by atoms with Crippen LogP contribution in [0, 0.1) is 5.82 Å². The first-order valence-electron chi connectivity index (χ1n) is 10.2. The lowest BCUT2D eigenvalue weighted by molar-refractivity contribution is -0.908. The normalized spacial score (nSPS) is 14.9. The van der Waals surface area contributed by atoms with Gasteiger partial charge in [0.15, 0.2) is 0 Å². The van der Waals surface area contributed by atoms with E-state index in [0.717, 1.165) is 39.3 Å². The van der Waals surface area contributed by atoms with Crippen LogP contribution < -0.4 is 15.5 Å². The highest BCUT2D eigenvalue weighted by Crippen LogP contribution is 2.11. The second-order valence-electron chi connectivity index (χ2n) is 7.12. The van der Waals surface area contributed by atoms with Crippen LogP contribution in [0.15, 0.2) is 60.3 Å². The standard InChI is InChI=1S/C23H26FN3O3/c24-20-10-5-4-9-19(20)17-21(26-22(28)18-7-2-1-3-8-18)23(29)25-11-6-12-27-13-15-30-16-14-27/h1-5,7-10,17H,6,11-16H2,(H,25,29)(H,26,28)/p+1/b21-17+. The first-order valence-corrected chi connectivity index (χ1v) is 10.2. The number of ether oxygens (including phenoxy) is 1. The molecular formula is C23H27FN3O3+. The third-order valence-corrected chi connectivity index (χ3v) is 4.93. The van der Waals surface area contributed by atoms with E-state index in [1.807, 2.05) is 0 Å². The van der Waals surface area contributed by atoms with Gasteiger partial charge in [-0.05, 0) is 24.3 Å². The van der Waals surface area contributed by atoms with Crippen LogP contribution in [0.5, 0.6) is 0 Å². The molecule has 0 aromatic heterocycles. The molecule has 0 bridgehead atoms. The lowest BCUT2D eigenvalue weighted by atomic mass is 10.1. The summed E-state index contributed by atoms with van der Waals surface area (Å²) in [6.45, 7) is 4.88. The van der Waals surface area contributed by atoms with Gasteiger partial charge in [-0.25, -0.2) is 4.39 Å². The minimum atomic E-state index is -0.465. The summed E-state index contributed by atoms with van der Waals surface area (Å²) in [5.41, 5.74) is 0.655. The Balaban J connectivity index is 1.64. The van der Waals surface area contributed by atoms with Crippen molar-refractivity contribution < 1.29 is 23.6 Å². The number of morpholine rings is 1. The van der Waals surface area contributed by atoms with Crippen LogP contribution in [0.25, 0.3) is 6.08 Å². The van der Waals surface area contributed by atoms with E-state index in [9.17, 15) is 14.0 Å². The number of hydrogen-bond acceptors (Lipinski definition) is 3. The van der Waals surface area contributed by atoms with Gasteiger partial charge in [0.05, 0.1) is 19.8 Å². The molecule has 6 nitrogen and oxygen atoms in total. The predicted octanol–water partition coefficient (Wildman–Crippen LogP) is 1.02. The van der Waals surface area contributed by atoms with Gasteiger partial charge in [-0.15, -0.1) is 0 Å². The summed E-state index contributed by atoms with van der Waals surface area (Å²) in [6, 6.07) is 14.7. The van der Waals surface area contributed by atoms with Crippen LogP contribution in [0.3, 0.4) is 0 Å². The average molecular weight is 412 g/mol. The Hall–Kier alpha value is -3.03. The van der Waals surface area contributed by atoms with E-state index in [-0.39, 0.29) is 11.3 Å². The Bertz CT molecular complexity index is 880. The molecule has 3 N–H and O–H groups in total. The Labute approximate surface area is 175 Å². The predicted molar refractivity (Wildman–Crippen MR) is 112 cm³/mol. The fourth-order valence-electron chi connectivity index (χ4n) is 3.24. The highest BCUT2D eigenvalue weighted by Gasteiger charge is 2.16. The highest BCUT2D eigenvalue weighted by molar-refractivity contribution is 6.05. The van der Waals surface area contributed by atoms with Crippen molar-refractivity contribution in [2.75, 3.05) is 39.4 Å². The minimum Gasteiger partial charge on any atom is -0.370 e. The van der Waals surface area contributed by atoms with Crippen molar-refractivity contribution in [3.8, 4) is 0 Å². The molecule has 3 rings (SSSR count). The largest absolute Gasteiger partial charge is 0.370 e. The molecule has 1 heterocycles. The van der Waals surface area contributed by atoms with Crippen molar-refractivity contribution in [2.45, 2.75) is 6.42 Å². The van der Waals surface area contributed by atoms with Crippen molar-refractivity contribution in [1.82, 2.24) is 10.6 Å². The van der Waals surface area contributed by atoms with Crippen molar-refractivity contribution in [3.05, 3.63) is 77.2 Å². The summed E-state index contributed by atoms with van der Waals surface area (Å²) < 4.78 is 19.4. The SMILES string of the molecule is O=C(NCCC[NH+]1CCOCC1)/C(=C\c1ccccc1F)NC(=O)c1ccccc1. The van der Waals surface area contributed by atoms with E-state index in [0.29, 0.717) is 12.1 Å². The summed E-state index contributed by atoms with van der Waals surface area (Å²) in [4.78, 5) is 26.7. The average Bonchev–Trinajstić information content (AvgIpc) is 2.78. The number of hydrogen-bond donors (Lipinski definition) is 3. The molecule has 1 saturated heterocycles. The molecule has 0 spiro atoms. The summed E-state index contributed by atoms with van der Waals surface area (Å²) >= 11 is 0. The van der Waals surface area contributed by atoms with E-state index < -0.39 is 17.6 Å². The number of nitrogens with one attached hydrogen (secondary N) is 3. The molecular weight excluding hydrogens is 385 g/mol. The van der Waals surface area contributed by atoms with Gasteiger partial charge >= 0.3 is 0 Å². The van der Waals surface area contributed by atoms with Crippen LogP contribution in [0.2, 0.25) is 0 Å². The van der Waals surface area contributed by atoms with Crippen molar-refractivity contribution >= 4 is 17.9 Å². The van der Waals surface area contributed by atoms with Crippen molar-refractivity contribution in [2.24, 2.45) is 0 Å². The molecule has 30 heavy (non-hydrogen) atoms. The highest BCUT2D eigenvalue weighted by atomic mass is 19.1. The number of rotatable bonds is 8. The molecule has 0 atom stereocenters. The first-order chi connectivity index (χ1) is 14.6. The fraction of sp³-hybridized carbons (Fsp3) is 0.304. The van der Waals surface area contributed by atoms with Gasteiger partial charge < -0.3 is 20.3 Å². The number of benzene rings is 2. The molecule has 2 aromatic carbocycles. The molecule has 1 aliphatic rings. The molecule has 1 aliphatic heterocycles. The molecule has 0 aliphatic carbocycles. The van der Waals surface area contributed by atoms with E-state index in [1.54, 1.807) is 48.5 Å². The fourth-order valence-corrected chi connectivity index (χ4v) is 3.24. The van der Waals surface area contributed by atoms with Gasteiger partial charge in [-0.1, -0.05) is 36.4 Å². The quantitative estimate of drug-likeness (QED) is 0.448. The molecule has 0 radical (unpaired) electrons. The molecule has 7 heteroatoms. The van der Waals surface area contributed by atoms with E-state index in [1.165, 1.54) is 17.0 Å². The number of halogens is 1. The molecule has 0 unspecified atom stereocenters. The Kier molecular flexibility index (Phi) is 8.11. The zero-order valence-electron chi connectivity index (χ0n) is 16.8. The second-order valence-corrected chi connectivity index (χ2v) is 7.12. The van der Waals surface area contributed by atoms with E-state index in [2.05, 4.69) is 10.6 Å². The van der Waals surface area contributed by atoms with Gasteiger partial charge in [0.25, 0.3) is 11.8 Å². The van der Waals surface area contributed by atoms with E-state index >= 15 is 0 Å². The molecule has 158 valence electrons. The summed E-state index contributed by atoms with van der Waals surface area (Å²) in [6.07, 6.45) is 2.17. The maximum absolute atomic E-state index is 14.1. The van der Waals surface area contributed by atoms with Crippen LogP contribution in [0.4, 0.5) is 4.39 Å². The monoisotopic (exact) mass is 412 g/mol. The number of quaternary nitrogens is 1. The number of carbonyl (C=O) groups is 2. The van der Waals surface area contributed by atoms with Gasteiger partial charge in [-0.2, -0.15) is 0 Å². The topological polar surface area (TPSA) is 71.9 Å². The minimum absolute atomic E-state index is 0.00710. The first kappa shape index (κ1) is 21.7. The van der Waals surface area contributed by atoms with Crippen LogP contribution in [-0.4, -0.2) is 51.2 Å². The van der Waals surface area contributed by atoms with Crippen LogP contribution >= 0.6 is 0 Å². The maximum Gasteiger partial charge on any atom is 0.267 e. The lowest BCUT2D eigenvalue weighted by Gasteiger charge is -2.23. The molecule has 0 saturated carbocycles. The van der Waals surface area contributed by atoms with Gasteiger partial charge in [0.2, 0.25) is 0 Å². The zero-order valence-corrected chi connectivity index (χ0v) is 16.8. The Morgan fingerprint density at radius 3 is 2.47 bits per heavy atom. The second kappa shape index (κ2) is 11.2. The van der Waals surface area contributed by atoms with Gasteiger partial charge in [0, 0.05) is 24.1 Å².